The van der Waals surface area contributed by atoms with Crippen molar-refractivity contribution in [2.75, 3.05) is 13.2 Å². The summed E-state index contributed by atoms with van der Waals surface area (Å²) in [7, 11) is 0. The summed E-state index contributed by atoms with van der Waals surface area (Å²) in [6.45, 7) is 4.89. The van der Waals surface area contributed by atoms with E-state index in [0.717, 1.165) is 6.42 Å². The normalized spacial score (nSPS) is 32.5. The lowest BCUT2D eigenvalue weighted by Gasteiger charge is -2.25. The number of nitrogens with zero attached hydrogens (tertiary/aromatic N) is 1. The van der Waals surface area contributed by atoms with Gasteiger partial charge in [0.2, 0.25) is 0 Å². The number of ether oxygens (including phenoxy) is 1. The topological polar surface area (TPSA) is 64.6 Å². The number of hydroxylamine groups is 3. The molecule has 17 heavy (non-hydrogen) atoms. The molecule has 1 spiro atoms. The van der Waals surface area contributed by atoms with E-state index in [1.54, 1.807) is 0 Å². The molecule has 0 aromatic heterocycles. The van der Waals surface area contributed by atoms with Crippen LogP contribution in [0.4, 0.5) is 4.79 Å². The third-order valence-corrected chi connectivity index (χ3v) is 2.78. The first-order valence-corrected chi connectivity index (χ1v) is 5.74. The van der Waals surface area contributed by atoms with Gasteiger partial charge in [0.25, 0.3) is 5.91 Å². The molecule has 6 heteroatoms. The summed E-state index contributed by atoms with van der Waals surface area (Å²) >= 11 is 0. The first-order chi connectivity index (χ1) is 8.02. The summed E-state index contributed by atoms with van der Waals surface area (Å²) in [6.07, 6.45) is 3.59. The Morgan fingerprint density at radius 2 is 2.35 bits per heavy atom. The maximum Gasteiger partial charge on any atom is 0.460 e. The minimum absolute atomic E-state index is 0.110. The van der Waals surface area contributed by atoms with Crippen molar-refractivity contribution in [3.63, 3.8) is 0 Å². The van der Waals surface area contributed by atoms with Gasteiger partial charge in [-0.3, -0.25) is 4.79 Å². The van der Waals surface area contributed by atoms with Gasteiger partial charge in [0.05, 0.1) is 18.8 Å². The predicted molar refractivity (Wildman–Crippen MR) is 58.4 cm³/mol. The van der Waals surface area contributed by atoms with Crippen LogP contribution in [0.2, 0.25) is 0 Å². The van der Waals surface area contributed by atoms with Crippen LogP contribution in [0.15, 0.2) is 12.3 Å². The van der Waals surface area contributed by atoms with Crippen LogP contribution in [0.1, 0.15) is 20.3 Å². The summed E-state index contributed by atoms with van der Waals surface area (Å²) < 4.78 is 5.21. The van der Waals surface area contributed by atoms with Gasteiger partial charge in [0.15, 0.2) is 0 Å². The molecular weight excluding hydrogens is 224 g/mol. The molecule has 2 aliphatic rings. The quantitative estimate of drug-likeness (QED) is 0.738. The highest BCUT2D eigenvalue weighted by Gasteiger charge is 2.48. The maximum absolute atomic E-state index is 11.7. The fraction of sp³-hybridized carbons (Fsp3) is 0.636. The van der Waals surface area contributed by atoms with Crippen molar-refractivity contribution in [3.05, 3.63) is 12.3 Å². The van der Waals surface area contributed by atoms with E-state index in [0.29, 0.717) is 13.2 Å². The Hall–Kier alpha value is -1.24. The highest BCUT2D eigenvalue weighted by Crippen LogP contribution is 2.26. The zero-order chi connectivity index (χ0) is 12.5. The van der Waals surface area contributed by atoms with Crippen LogP contribution in [-0.4, -0.2) is 41.9 Å². The SMILES string of the molecule is CC(C)OCC1CC[N+]2(C=CC(=O)NC2=O)O1. The Morgan fingerprint density at radius 1 is 1.59 bits per heavy atom. The fourth-order valence-electron chi connectivity index (χ4n) is 1.88. The van der Waals surface area contributed by atoms with E-state index in [2.05, 4.69) is 5.32 Å². The second kappa shape index (κ2) is 4.56. The molecule has 6 nitrogen and oxygen atoms in total. The van der Waals surface area contributed by atoms with Gasteiger partial charge in [-0.05, 0) is 13.8 Å². The molecule has 2 heterocycles. The zero-order valence-electron chi connectivity index (χ0n) is 10.0. The van der Waals surface area contributed by atoms with Gasteiger partial charge in [-0.2, -0.15) is 4.84 Å². The maximum atomic E-state index is 11.7. The summed E-state index contributed by atoms with van der Waals surface area (Å²) in [5.74, 6) is -0.399. The number of urea groups is 1. The van der Waals surface area contributed by atoms with Crippen LogP contribution >= 0.6 is 0 Å². The Kier molecular flexibility index (Phi) is 3.28. The molecule has 0 bridgehead atoms. The van der Waals surface area contributed by atoms with Crippen molar-refractivity contribution < 1.29 is 23.8 Å². The molecule has 0 saturated carbocycles. The third-order valence-electron chi connectivity index (χ3n) is 2.78. The van der Waals surface area contributed by atoms with E-state index in [1.807, 2.05) is 13.8 Å². The minimum atomic E-state index is -0.426. The molecule has 2 rings (SSSR count). The van der Waals surface area contributed by atoms with Crippen LogP contribution in [0.25, 0.3) is 0 Å². The summed E-state index contributed by atoms with van der Waals surface area (Å²) in [6, 6.07) is -0.426. The van der Waals surface area contributed by atoms with Crippen molar-refractivity contribution >= 4 is 11.9 Å². The summed E-state index contributed by atoms with van der Waals surface area (Å²) in [5.41, 5.74) is 0. The average molecular weight is 241 g/mol. The molecule has 2 atom stereocenters. The Bertz CT molecular complexity index is 366. The number of carbonyl (C=O) groups excluding carboxylic acids is 2. The molecule has 2 aliphatic heterocycles. The van der Waals surface area contributed by atoms with Gasteiger partial charge in [0, 0.05) is 6.42 Å². The van der Waals surface area contributed by atoms with Crippen molar-refractivity contribution in [1.82, 2.24) is 5.32 Å². The number of amides is 3. The molecule has 1 N–H and O–H groups in total. The van der Waals surface area contributed by atoms with Crippen molar-refractivity contribution in [3.8, 4) is 0 Å². The first-order valence-electron chi connectivity index (χ1n) is 5.74. The van der Waals surface area contributed by atoms with Crippen molar-refractivity contribution in [2.24, 2.45) is 0 Å². The van der Waals surface area contributed by atoms with Crippen LogP contribution < -0.4 is 5.32 Å². The fourth-order valence-corrected chi connectivity index (χ4v) is 1.88. The smallest absolute Gasteiger partial charge is 0.376 e. The van der Waals surface area contributed by atoms with Gasteiger partial charge in [-0.15, -0.1) is 0 Å². The number of hydrogen-bond donors (Lipinski definition) is 1. The van der Waals surface area contributed by atoms with E-state index in [9.17, 15) is 9.59 Å². The van der Waals surface area contributed by atoms with Crippen LogP contribution in [0.3, 0.4) is 0 Å². The zero-order valence-corrected chi connectivity index (χ0v) is 10.0. The molecule has 94 valence electrons. The lowest BCUT2D eigenvalue weighted by atomic mass is 10.3. The molecule has 3 amide bonds. The standard InChI is InChI=1S/C11H16N2O4/c1-8(2)16-7-9-3-5-13(17-9)6-4-10(14)12-11(13)15/h4,6,8-9H,3,5,7H2,1-2H3/p+1. The Morgan fingerprint density at radius 3 is 3.00 bits per heavy atom. The van der Waals surface area contributed by atoms with Gasteiger partial charge in [-0.25, -0.2) is 10.1 Å². The number of nitrogens with one attached hydrogen (secondary N) is 1. The van der Waals surface area contributed by atoms with Crippen molar-refractivity contribution in [1.29, 1.82) is 0 Å². The van der Waals surface area contributed by atoms with Gasteiger partial charge < -0.3 is 4.74 Å². The van der Waals surface area contributed by atoms with Gasteiger partial charge in [-0.1, -0.05) is 4.65 Å². The average Bonchev–Trinajstić information content (AvgIpc) is 2.67. The highest BCUT2D eigenvalue weighted by atomic mass is 16.7. The summed E-state index contributed by atoms with van der Waals surface area (Å²) in [4.78, 5) is 28.4. The van der Waals surface area contributed by atoms with Gasteiger partial charge in [0.1, 0.15) is 18.8 Å². The van der Waals surface area contributed by atoms with E-state index in [4.69, 9.17) is 9.57 Å². The van der Waals surface area contributed by atoms with Crippen LogP contribution in [0, 0.1) is 0 Å². The second-order valence-corrected chi connectivity index (χ2v) is 4.53. The predicted octanol–water partition coefficient (Wildman–Crippen LogP) is 0.696. The first kappa shape index (κ1) is 12.2. The molecule has 1 saturated heterocycles. The molecule has 0 radical (unpaired) electrons. The van der Waals surface area contributed by atoms with Gasteiger partial charge >= 0.3 is 6.03 Å². The number of carbonyl (C=O) groups is 2. The van der Waals surface area contributed by atoms with Crippen LogP contribution in [-0.2, 0) is 14.4 Å². The molecule has 0 aromatic carbocycles. The Labute approximate surface area is 99.7 Å². The van der Waals surface area contributed by atoms with E-state index in [-0.39, 0.29) is 16.9 Å². The minimum Gasteiger partial charge on any atom is -0.376 e. The van der Waals surface area contributed by atoms with E-state index in [1.165, 1.54) is 12.3 Å². The van der Waals surface area contributed by atoms with Crippen LogP contribution in [0.5, 0.6) is 0 Å². The highest BCUT2D eigenvalue weighted by molar-refractivity contribution is 5.99. The van der Waals surface area contributed by atoms with E-state index >= 15 is 0 Å². The second-order valence-electron chi connectivity index (χ2n) is 4.53. The number of rotatable bonds is 3. The number of quaternary nitrogens is 1. The molecule has 0 aliphatic carbocycles. The number of imide groups is 1. The molecule has 2 unspecified atom stereocenters. The summed E-state index contributed by atoms with van der Waals surface area (Å²) in [5, 5.41) is 2.24. The third kappa shape index (κ3) is 2.54. The number of hydrogen-bond acceptors (Lipinski definition) is 4. The van der Waals surface area contributed by atoms with E-state index < -0.39 is 11.9 Å². The lowest BCUT2D eigenvalue weighted by Crippen LogP contribution is -2.55. The largest absolute Gasteiger partial charge is 0.460 e. The Balaban J connectivity index is 1.98. The van der Waals surface area contributed by atoms with Crippen molar-refractivity contribution in [2.45, 2.75) is 32.5 Å². The molecular formula is C11H17N2O4+. The molecule has 0 aromatic rings. The lowest BCUT2D eigenvalue weighted by molar-refractivity contribution is -0.989. The monoisotopic (exact) mass is 241 g/mol. The molecule has 1 fully saturated rings.